The summed E-state index contributed by atoms with van der Waals surface area (Å²) in [4.78, 5) is 22.9. The molecule has 0 saturated heterocycles. The lowest BCUT2D eigenvalue weighted by molar-refractivity contribution is -0.148. The van der Waals surface area contributed by atoms with Crippen LogP contribution in [0.5, 0.6) is 0 Å². The zero-order valence-electron chi connectivity index (χ0n) is 9.71. The highest BCUT2D eigenvalue weighted by molar-refractivity contribution is 6.42. The molecular weight excluding hydrogens is 312 g/mol. The minimum Gasteiger partial charge on any atom is -0.455 e. The third-order valence-corrected chi connectivity index (χ3v) is 3.34. The van der Waals surface area contributed by atoms with E-state index in [0.717, 1.165) is 12.8 Å². The molecule has 1 amide bonds. The molecule has 0 spiro atoms. The van der Waals surface area contributed by atoms with E-state index in [0.29, 0.717) is 5.02 Å². The first-order chi connectivity index (χ1) is 8.97. The van der Waals surface area contributed by atoms with Crippen molar-refractivity contribution in [3.05, 3.63) is 27.2 Å². The van der Waals surface area contributed by atoms with E-state index in [9.17, 15) is 9.59 Å². The van der Waals surface area contributed by atoms with Crippen molar-refractivity contribution in [2.24, 2.45) is 5.92 Å². The predicted octanol–water partition coefficient (Wildman–Crippen LogP) is 3.54. The third kappa shape index (κ3) is 4.00. The van der Waals surface area contributed by atoms with Crippen LogP contribution in [-0.4, -0.2) is 18.5 Å². The highest BCUT2D eigenvalue weighted by atomic mass is 35.5. The average molecular weight is 323 g/mol. The number of hydrogen-bond donors (Lipinski definition) is 1. The van der Waals surface area contributed by atoms with Gasteiger partial charge in [-0.1, -0.05) is 34.8 Å². The van der Waals surface area contributed by atoms with Gasteiger partial charge in [0.2, 0.25) is 0 Å². The van der Waals surface area contributed by atoms with Gasteiger partial charge in [0.25, 0.3) is 5.91 Å². The van der Waals surface area contributed by atoms with Crippen LogP contribution in [0.2, 0.25) is 15.1 Å². The zero-order valence-corrected chi connectivity index (χ0v) is 12.0. The first kappa shape index (κ1) is 14.4. The Balaban J connectivity index is 1.93. The molecule has 2 rings (SSSR count). The molecule has 0 atom stereocenters. The number of esters is 1. The van der Waals surface area contributed by atoms with Crippen LogP contribution in [0.1, 0.15) is 12.8 Å². The maximum Gasteiger partial charge on any atom is 0.309 e. The van der Waals surface area contributed by atoms with Crippen LogP contribution in [0, 0.1) is 5.92 Å². The van der Waals surface area contributed by atoms with Gasteiger partial charge in [0.1, 0.15) is 0 Å². The molecule has 1 aliphatic rings. The van der Waals surface area contributed by atoms with Gasteiger partial charge in [-0.25, -0.2) is 0 Å². The van der Waals surface area contributed by atoms with Gasteiger partial charge >= 0.3 is 5.97 Å². The first-order valence-corrected chi connectivity index (χ1v) is 6.72. The molecule has 1 N–H and O–H groups in total. The monoisotopic (exact) mass is 321 g/mol. The molecule has 19 heavy (non-hydrogen) atoms. The lowest BCUT2D eigenvalue weighted by Crippen LogP contribution is -2.21. The van der Waals surface area contributed by atoms with E-state index in [1.54, 1.807) is 0 Å². The van der Waals surface area contributed by atoms with Crippen molar-refractivity contribution in [1.82, 2.24) is 0 Å². The summed E-state index contributed by atoms with van der Waals surface area (Å²) in [5.74, 6) is -0.890. The van der Waals surface area contributed by atoms with E-state index in [1.165, 1.54) is 12.1 Å². The number of benzene rings is 1. The number of ether oxygens (including phenoxy) is 1. The van der Waals surface area contributed by atoms with Crippen molar-refractivity contribution in [2.45, 2.75) is 12.8 Å². The van der Waals surface area contributed by atoms with Gasteiger partial charge in [0.05, 0.1) is 21.7 Å². The molecule has 0 heterocycles. The van der Waals surface area contributed by atoms with Crippen molar-refractivity contribution < 1.29 is 14.3 Å². The Kier molecular flexibility index (Phi) is 4.55. The second kappa shape index (κ2) is 5.99. The van der Waals surface area contributed by atoms with Gasteiger partial charge in [-0.2, -0.15) is 0 Å². The molecule has 0 aromatic heterocycles. The minimum absolute atomic E-state index is 0.0458. The van der Waals surface area contributed by atoms with Crippen molar-refractivity contribution >= 4 is 52.4 Å². The Labute approximate surface area is 125 Å². The summed E-state index contributed by atoms with van der Waals surface area (Å²) >= 11 is 17.6. The first-order valence-electron chi connectivity index (χ1n) is 5.58. The van der Waals surface area contributed by atoms with Gasteiger partial charge in [-0.3, -0.25) is 9.59 Å². The number of nitrogens with one attached hydrogen (secondary N) is 1. The maximum atomic E-state index is 11.6. The number of carbonyl (C=O) groups is 2. The molecule has 0 radical (unpaired) electrons. The predicted molar refractivity (Wildman–Crippen MR) is 73.8 cm³/mol. The number of carbonyl (C=O) groups excluding carboxylic acids is 2. The normalized spacial score (nSPS) is 14.1. The largest absolute Gasteiger partial charge is 0.455 e. The molecular formula is C12H10Cl3NO3. The Morgan fingerprint density at radius 1 is 1.21 bits per heavy atom. The van der Waals surface area contributed by atoms with Crippen LogP contribution in [0.25, 0.3) is 0 Å². The molecule has 7 heteroatoms. The Morgan fingerprint density at radius 2 is 1.79 bits per heavy atom. The minimum atomic E-state index is -0.500. The summed E-state index contributed by atoms with van der Waals surface area (Å²) in [5, 5.41) is 3.29. The van der Waals surface area contributed by atoms with E-state index in [1.807, 2.05) is 0 Å². The topological polar surface area (TPSA) is 55.4 Å². The van der Waals surface area contributed by atoms with Gasteiger partial charge in [-0.15, -0.1) is 0 Å². The second-order valence-electron chi connectivity index (χ2n) is 4.17. The summed E-state index contributed by atoms with van der Waals surface area (Å²) in [5.41, 5.74) is 0.250. The van der Waals surface area contributed by atoms with Crippen LogP contribution in [0.3, 0.4) is 0 Å². The second-order valence-corrected chi connectivity index (χ2v) is 5.43. The van der Waals surface area contributed by atoms with Gasteiger partial charge in [-0.05, 0) is 25.0 Å². The molecule has 1 aromatic rings. The summed E-state index contributed by atoms with van der Waals surface area (Å²) in [6.07, 6.45) is 1.66. The number of amides is 1. The summed E-state index contributed by atoms with van der Waals surface area (Å²) in [6.45, 7) is -0.357. The van der Waals surface area contributed by atoms with Crippen molar-refractivity contribution in [2.75, 3.05) is 11.9 Å². The fraction of sp³-hybridized carbons (Fsp3) is 0.333. The van der Waals surface area contributed by atoms with Crippen LogP contribution in [0.4, 0.5) is 5.69 Å². The molecule has 1 fully saturated rings. The molecule has 1 aliphatic carbocycles. The van der Waals surface area contributed by atoms with Gasteiger partial charge < -0.3 is 10.1 Å². The fourth-order valence-electron chi connectivity index (χ4n) is 1.41. The Hall–Kier alpha value is -0.970. The molecule has 1 aromatic carbocycles. The molecule has 1 saturated carbocycles. The number of halogens is 3. The smallest absolute Gasteiger partial charge is 0.309 e. The van der Waals surface area contributed by atoms with E-state index in [2.05, 4.69) is 5.32 Å². The molecule has 0 unspecified atom stereocenters. The van der Waals surface area contributed by atoms with Crippen LogP contribution < -0.4 is 5.32 Å². The third-order valence-electron chi connectivity index (χ3n) is 2.53. The van der Waals surface area contributed by atoms with E-state index < -0.39 is 5.91 Å². The van der Waals surface area contributed by atoms with Crippen LogP contribution in [-0.2, 0) is 14.3 Å². The molecule has 102 valence electrons. The van der Waals surface area contributed by atoms with Crippen LogP contribution in [0.15, 0.2) is 12.1 Å². The van der Waals surface area contributed by atoms with Crippen molar-refractivity contribution in [3.63, 3.8) is 0 Å². The van der Waals surface area contributed by atoms with Gasteiger partial charge in [0, 0.05) is 5.02 Å². The maximum absolute atomic E-state index is 11.6. The summed E-state index contributed by atoms with van der Waals surface area (Å²) in [7, 11) is 0. The fourth-order valence-corrected chi connectivity index (χ4v) is 2.32. The van der Waals surface area contributed by atoms with Crippen molar-refractivity contribution in [3.8, 4) is 0 Å². The summed E-state index contributed by atoms with van der Waals surface area (Å²) in [6, 6.07) is 2.92. The zero-order chi connectivity index (χ0) is 14.0. The highest BCUT2D eigenvalue weighted by Crippen LogP contribution is 2.33. The SMILES string of the molecule is O=C(COC(=O)C1CC1)Nc1c(Cl)cc(Cl)cc1Cl. The quantitative estimate of drug-likeness (QED) is 0.863. The van der Waals surface area contributed by atoms with Crippen LogP contribution >= 0.6 is 34.8 Å². The Morgan fingerprint density at radius 3 is 2.32 bits per heavy atom. The van der Waals surface area contributed by atoms with E-state index >= 15 is 0 Å². The van der Waals surface area contributed by atoms with E-state index in [4.69, 9.17) is 39.5 Å². The highest BCUT2D eigenvalue weighted by Gasteiger charge is 2.31. The number of hydrogen-bond acceptors (Lipinski definition) is 3. The Bertz CT molecular complexity index is 506. The lowest BCUT2D eigenvalue weighted by Gasteiger charge is -2.10. The standard InChI is InChI=1S/C12H10Cl3NO3/c13-7-3-8(14)11(9(15)4-7)16-10(17)5-19-12(18)6-1-2-6/h3-4,6H,1-2,5H2,(H,16,17). The summed E-state index contributed by atoms with van der Waals surface area (Å²) < 4.78 is 4.84. The molecule has 0 bridgehead atoms. The lowest BCUT2D eigenvalue weighted by atomic mass is 10.3. The number of anilines is 1. The average Bonchev–Trinajstić information content (AvgIpc) is 3.14. The number of rotatable bonds is 4. The molecule has 0 aliphatic heterocycles. The molecule has 4 nitrogen and oxygen atoms in total. The van der Waals surface area contributed by atoms with Crippen molar-refractivity contribution in [1.29, 1.82) is 0 Å². The van der Waals surface area contributed by atoms with Gasteiger partial charge in [0.15, 0.2) is 6.61 Å². The van der Waals surface area contributed by atoms with E-state index in [-0.39, 0.29) is 34.2 Å².